The highest BCUT2D eigenvalue weighted by molar-refractivity contribution is 5.27. The van der Waals surface area contributed by atoms with Crippen LogP contribution in [0, 0.1) is 11.8 Å². The molecule has 2 saturated heterocycles. The zero-order valence-electron chi connectivity index (χ0n) is 11.2. The summed E-state index contributed by atoms with van der Waals surface area (Å²) in [5, 5.41) is 0. The van der Waals surface area contributed by atoms with E-state index < -0.39 is 5.92 Å². The summed E-state index contributed by atoms with van der Waals surface area (Å²) >= 11 is 0. The molecule has 1 aliphatic carbocycles. The number of rotatable bonds is 1. The highest BCUT2D eigenvalue weighted by Gasteiger charge is 2.81. The summed E-state index contributed by atoms with van der Waals surface area (Å²) in [6.45, 7) is 11.8. The highest BCUT2D eigenvalue weighted by Crippen LogP contribution is 2.70. The van der Waals surface area contributed by atoms with Crippen LogP contribution in [0.5, 0.6) is 0 Å². The average molecular weight is 233 g/mol. The van der Waals surface area contributed by atoms with Crippen molar-refractivity contribution >= 4 is 0 Å². The lowest BCUT2D eigenvalue weighted by molar-refractivity contribution is -0.0665. The number of halogens is 2. The molecule has 0 amide bonds. The summed E-state index contributed by atoms with van der Waals surface area (Å²) in [5.41, 5.74) is -0.0752. The van der Waals surface area contributed by atoms with Gasteiger partial charge in [-0.25, -0.2) is 8.78 Å². The van der Waals surface area contributed by atoms with Crippen LogP contribution in [0.15, 0.2) is 0 Å². The minimum atomic E-state index is -2.31. The Morgan fingerprint density at radius 2 is 1.75 bits per heavy atom. The Hall–Kier alpha value is -0.180. The summed E-state index contributed by atoms with van der Waals surface area (Å²) in [5.74, 6) is -2.89. The van der Waals surface area contributed by atoms with Crippen LogP contribution in [-0.4, -0.2) is 29.5 Å². The molecule has 16 heavy (non-hydrogen) atoms. The Labute approximate surface area is 98.2 Å². The lowest BCUT2D eigenvalue weighted by Crippen LogP contribution is -2.59. The molecule has 0 spiro atoms. The van der Waals surface area contributed by atoms with Gasteiger partial charge in [-0.1, -0.05) is 34.6 Å². The third-order valence-corrected chi connectivity index (χ3v) is 4.25. The predicted molar refractivity (Wildman–Crippen MR) is 63.8 cm³/mol. The van der Waals surface area contributed by atoms with Crippen molar-refractivity contribution in [2.45, 2.75) is 58.9 Å². The van der Waals surface area contributed by atoms with Crippen LogP contribution < -0.4 is 0 Å². The molecular weight excluding hydrogens is 208 g/mol. The van der Waals surface area contributed by atoms with Crippen LogP contribution in [0.25, 0.3) is 0 Å². The highest BCUT2D eigenvalue weighted by atomic mass is 19.3. The van der Waals surface area contributed by atoms with Crippen LogP contribution >= 0.6 is 0 Å². The zero-order valence-corrected chi connectivity index (χ0v) is 11.2. The molecule has 0 aromatic carbocycles. The van der Waals surface area contributed by atoms with Gasteiger partial charge in [0.1, 0.15) is 0 Å². The number of alkyl halides is 2. The first-order chi connectivity index (χ1) is 7.63. The van der Waals surface area contributed by atoms with Gasteiger partial charge in [0.25, 0.3) is 5.92 Å². The second-order valence-electron chi connectivity index (χ2n) is 4.41. The van der Waals surface area contributed by atoms with E-state index in [1.807, 2.05) is 34.6 Å². The van der Waals surface area contributed by atoms with Gasteiger partial charge in [0, 0.05) is 24.5 Å². The molecule has 2 unspecified atom stereocenters. The van der Waals surface area contributed by atoms with Crippen LogP contribution in [0.1, 0.15) is 47.5 Å². The van der Waals surface area contributed by atoms with Gasteiger partial charge in [-0.05, 0) is 12.8 Å². The van der Waals surface area contributed by atoms with Crippen LogP contribution in [-0.2, 0) is 0 Å². The number of fused-ring (bicyclic) bond motifs is 3. The summed E-state index contributed by atoms with van der Waals surface area (Å²) in [7, 11) is 0. The van der Waals surface area contributed by atoms with Crippen LogP contribution in [0.3, 0.4) is 0 Å². The number of nitrogens with zero attached hydrogens (tertiary/aromatic N) is 1. The normalized spacial score (nSPS) is 41.4. The van der Waals surface area contributed by atoms with Crippen molar-refractivity contribution in [2.75, 3.05) is 13.1 Å². The van der Waals surface area contributed by atoms with Gasteiger partial charge in [-0.15, -0.1) is 0 Å². The first kappa shape index (κ1) is 13.9. The third kappa shape index (κ3) is 1.51. The van der Waals surface area contributed by atoms with Crippen LogP contribution in [0.2, 0.25) is 0 Å². The summed E-state index contributed by atoms with van der Waals surface area (Å²) in [6.07, 6.45) is 1.91. The molecule has 2 heterocycles. The van der Waals surface area contributed by atoms with Crippen molar-refractivity contribution in [3.05, 3.63) is 0 Å². The predicted octanol–water partition coefficient (Wildman–Crippen LogP) is 3.79. The quantitative estimate of drug-likeness (QED) is 0.666. The molecule has 0 N–H and O–H groups in total. The van der Waals surface area contributed by atoms with Crippen molar-refractivity contribution in [1.29, 1.82) is 0 Å². The summed E-state index contributed by atoms with van der Waals surface area (Å²) in [6, 6.07) is 0. The smallest absolute Gasteiger partial charge is 0.257 e. The summed E-state index contributed by atoms with van der Waals surface area (Å²) in [4.78, 5) is 2.26. The Morgan fingerprint density at radius 1 is 1.19 bits per heavy atom. The minimum absolute atomic E-state index is 0.0752. The van der Waals surface area contributed by atoms with Crippen molar-refractivity contribution in [3.63, 3.8) is 0 Å². The second kappa shape index (κ2) is 4.59. The lowest BCUT2D eigenvalue weighted by atomic mass is 9.79. The van der Waals surface area contributed by atoms with E-state index in [2.05, 4.69) is 4.90 Å². The molecule has 1 saturated carbocycles. The Bertz CT molecular complexity index is 238. The summed E-state index contributed by atoms with van der Waals surface area (Å²) < 4.78 is 26.2. The number of hydrogen-bond donors (Lipinski definition) is 0. The van der Waals surface area contributed by atoms with Gasteiger partial charge in [-0.3, -0.25) is 4.90 Å². The van der Waals surface area contributed by atoms with Gasteiger partial charge in [0.2, 0.25) is 0 Å². The first-order valence-electron chi connectivity index (χ1n) is 6.76. The minimum Gasteiger partial charge on any atom is -0.297 e. The van der Waals surface area contributed by atoms with Crippen molar-refractivity contribution in [2.24, 2.45) is 11.8 Å². The molecular formula is C13H25F2N. The van der Waals surface area contributed by atoms with E-state index in [4.69, 9.17) is 0 Å². The van der Waals surface area contributed by atoms with Crippen molar-refractivity contribution < 1.29 is 8.78 Å². The Balaban J connectivity index is 0.000000291. The van der Waals surface area contributed by atoms with E-state index in [1.54, 1.807) is 0 Å². The van der Waals surface area contributed by atoms with Crippen molar-refractivity contribution in [3.8, 4) is 0 Å². The molecule has 3 rings (SSSR count). The molecule has 0 bridgehead atoms. The molecule has 1 nitrogen and oxygen atoms in total. The van der Waals surface area contributed by atoms with Gasteiger partial charge in [0.05, 0.1) is 5.92 Å². The molecule has 0 aromatic heterocycles. The standard InChI is InChI=1S/C9H13F2N.2C2H6/c1-2-8-3-4-12(8)5-6-7(8)9(6,10)11;2*1-2/h6-7H,2-5H2,1H3;2*1-2H3/t6?,7?,8-;;/m0../s1. The number of hydrogen-bond acceptors (Lipinski definition) is 1. The molecule has 0 radical (unpaired) electrons. The molecule has 3 heteroatoms. The average Bonchev–Trinajstić information content (AvgIpc) is 2.73. The molecule has 96 valence electrons. The fourth-order valence-electron chi connectivity index (χ4n) is 3.39. The molecule has 2 aliphatic heterocycles. The van der Waals surface area contributed by atoms with Gasteiger partial charge < -0.3 is 0 Å². The third-order valence-electron chi connectivity index (χ3n) is 4.25. The largest absolute Gasteiger partial charge is 0.297 e. The van der Waals surface area contributed by atoms with Gasteiger partial charge in [-0.2, -0.15) is 0 Å². The zero-order chi connectivity index (χ0) is 12.6. The molecule has 3 fully saturated rings. The van der Waals surface area contributed by atoms with E-state index in [0.717, 1.165) is 19.4 Å². The Morgan fingerprint density at radius 3 is 2.06 bits per heavy atom. The van der Waals surface area contributed by atoms with Crippen LogP contribution in [0.4, 0.5) is 8.78 Å². The fraction of sp³-hybridized carbons (Fsp3) is 1.00. The fourth-order valence-corrected chi connectivity index (χ4v) is 3.39. The van der Waals surface area contributed by atoms with E-state index in [1.165, 1.54) is 0 Å². The monoisotopic (exact) mass is 233 g/mol. The Kier molecular flexibility index (Phi) is 3.99. The maximum Gasteiger partial charge on any atom is 0.257 e. The number of piperidine rings is 1. The lowest BCUT2D eigenvalue weighted by Gasteiger charge is -2.50. The van der Waals surface area contributed by atoms with E-state index in [9.17, 15) is 8.78 Å². The molecule has 3 aliphatic rings. The first-order valence-corrected chi connectivity index (χ1v) is 6.76. The van der Waals surface area contributed by atoms with Crippen molar-refractivity contribution in [1.82, 2.24) is 4.90 Å². The van der Waals surface area contributed by atoms with Gasteiger partial charge in [0.15, 0.2) is 0 Å². The molecule has 0 aromatic rings. The topological polar surface area (TPSA) is 3.24 Å². The van der Waals surface area contributed by atoms with Gasteiger partial charge >= 0.3 is 0 Å². The van der Waals surface area contributed by atoms with E-state index in [-0.39, 0.29) is 17.4 Å². The molecule has 3 atom stereocenters. The van der Waals surface area contributed by atoms with E-state index in [0.29, 0.717) is 6.54 Å². The maximum atomic E-state index is 13.1. The second-order valence-corrected chi connectivity index (χ2v) is 4.41. The van der Waals surface area contributed by atoms with E-state index >= 15 is 0 Å². The SMILES string of the molecule is CC.CC.CC[C@@]12CCN1CC1C2C1(F)F. The maximum absolute atomic E-state index is 13.1.